The molecule has 0 saturated heterocycles. The van der Waals surface area contributed by atoms with Crippen LogP contribution in [0.2, 0.25) is 0 Å². The Balaban J connectivity index is 1.13. The monoisotopic (exact) mass is 650 g/mol. The molecule has 4 aromatic heterocycles. The molecule has 0 amide bonds. The van der Waals surface area contributed by atoms with Crippen LogP contribution in [0.25, 0.3) is 11.6 Å². The first-order chi connectivity index (χ1) is 22.6. The largest absolute Gasteiger partial charge is 0.293 e. The second kappa shape index (κ2) is 12.5. The van der Waals surface area contributed by atoms with Gasteiger partial charge in [0.25, 0.3) is 11.6 Å². The summed E-state index contributed by atoms with van der Waals surface area (Å²) in [4.78, 5) is 24.3. The molecule has 0 atom stereocenters. The molecule has 0 radical (unpaired) electrons. The van der Waals surface area contributed by atoms with Gasteiger partial charge in [0.15, 0.2) is 11.6 Å². The van der Waals surface area contributed by atoms with Crippen LogP contribution in [0.3, 0.4) is 0 Å². The first-order valence-corrected chi connectivity index (χ1v) is 17.8. The Bertz CT molecular complexity index is 1870. The number of hydrogen-bond acceptors (Lipinski definition) is 12. The molecule has 0 bridgehead atoms. The minimum atomic E-state index is 0.581. The predicted molar refractivity (Wildman–Crippen MR) is 181 cm³/mol. The van der Waals surface area contributed by atoms with Crippen molar-refractivity contribution in [3.05, 3.63) is 94.3 Å². The van der Waals surface area contributed by atoms with Gasteiger partial charge >= 0.3 is 0 Å². The number of anilines is 2. The Hall–Kier alpha value is -4.24. The average molecular weight is 651 g/mol. The van der Waals surface area contributed by atoms with Crippen molar-refractivity contribution in [3.63, 3.8) is 0 Å². The zero-order valence-electron chi connectivity index (χ0n) is 25.7. The van der Waals surface area contributed by atoms with Crippen LogP contribution in [-0.2, 0) is 39.0 Å². The first-order valence-electron chi connectivity index (χ1n) is 15.3. The molecular formula is C32H34N12S2. The summed E-state index contributed by atoms with van der Waals surface area (Å²) in [6.45, 7) is 5.07. The number of thioether (sulfide) groups is 2. The van der Waals surface area contributed by atoms with Crippen LogP contribution in [0.15, 0.2) is 71.0 Å². The molecule has 8 rings (SSSR count). The van der Waals surface area contributed by atoms with E-state index in [1.807, 2.05) is 21.5 Å². The van der Waals surface area contributed by atoms with Gasteiger partial charge in [-0.1, -0.05) is 84.2 Å². The first kappa shape index (κ1) is 29.2. The highest BCUT2D eigenvalue weighted by atomic mass is 32.2. The van der Waals surface area contributed by atoms with Crippen LogP contribution in [-0.4, -0.2) is 74.6 Å². The molecule has 2 N–H and O–H groups in total. The zero-order chi connectivity index (χ0) is 31.0. The fourth-order valence-corrected chi connectivity index (χ4v) is 7.00. The second-order valence-corrected chi connectivity index (χ2v) is 13.1. The summed E-state index contributed by atoms with van der Waals surface area (Å²) in [6.07, 6.45) is 5.64. The number of benzene rings is 2. The lowest BCUT2D eigenvalue weighted by molar-refractivity contribution is 0.241. The number of hydrogen-bond donors (Lipinski definition) is 2. The van der Waals surface area contributed by atoms with Gasteiger partial charge in [0, 0.05) is 50.4 Å². The van der Waals surface area contributed by atoms with E-state index in [2.05, 4.69) is 81.3 Å². The van der Waals surface area contributed by atoms with E-state index < -0.39 is 0 Å². The van der Waals surface area contributed by atoms with Crippen LogP contribution in [0, 0.1) is 0 Å². The molecule has 234 valence electrons. The number of nitrogens with one attached hydrogen (secondary N) is 2. The molecule has 0 unspecified atom stereocenters. The molecule has 2 aromatic carbocycles. The SMILES string of the molecule is CSc1nc2nc3c(c(NNc4c5c(nc6nc(SC)nn46)CN(Cc4ccccc4)CC5)n2n1)CCN(Cc1ccccc1)C3. The lowest BCUT2D eigenvalue weighted by Crippen LogP contribution is -2.33. The highest BCUT2D eigenvalue weighted by molar-refractivity contribution is 7.98. The summed E-state index contributed by atoms with van der Waals surface area (Å²) >= 11 is 3.02. The van der Waals surface area contributed by atoms with Crippen LogP contribution >= 0.6 is 23.5 Å². The van der Waals surface area contributed by atoms with Gasteiger partial charge < -0.3 is 0 Å². The topological polar surface area (TPSA) is 117 Å². The van der Waals surface area contributed by atoms with Gasteiger partial charge in [-0.3, -0.25) is 20.7 Å². The maximum absolute atomic E-state index is 4.99. The predicted octanol–water partition coefficient (Wildman–Crippen LogP) is 4.56. The lowest BCUT2D eigenvalue weighted by atomic mass is 10.0. The van der Waals surface area contributed by atoms with Crippen molar-refractivity contribution in [3.8, 4) is 0 Å². The molecule has 6 heterocycles. The molecule has 12 nitrogen and oxygen atoms in total. The van der Waals surface area contributed by atoms with Crippen molar-refractivity contribution in [2.45, 2.75) is 49.3 Å². The van der Waals surface area contributed by atoms with Gasteiger partial charge in [0.05, 0.1) is 11.4 Å². The van der Waals surface area contributed by atoms with Gasteiger partial charge in [0.2, 0.25) is 10.3 Å². The Morgan fingerprint density at radius 3 is 1.46 bits per heavy atom. The van der Waals surface area contributed by atoms with E-state index in [1.54, 1.807) is 0 Å². The minimum absolute atomic E-state index is 0.581. The van der Waals surface area contributed by atoms with Crippen molar-refractivity contribution in [2.24, 2.45) is 0 Å². The van der Waals surface area contributed by atoms with Crippen molar-refractivity contribution >= 4 is 46.7 Å². The van der Waals surface area contributed by atoms with Crippen LogP contribution in [0.1, 0.15) is 33.6 Å². The van der Waals surface area contributed by atoms with Crippen molar-refractivity contribution in [1.82, 2.24) is 49.0 Å². The van der Waals surface area contributed by atoms with Gasteiger partial charge in [-0.15, -0.1) is 10.2 Å². The van der Waals surface area contributed by atoms with E-state index in [1.165, 1.54) is 34.7 Å². The van der Waals surface area contributed by atoms with E-state index in [0.29, 0.717) is 21.9 Å². The Morgan fingerprint density at radius 1 is 0.609 bits per heavy atom. The average Bonchev–Trinajstić information content (AvgIpc) is 3.70. The van der Waals surface area contributed by atoms with Crippen LogP contribution in [0.5, 0.6) is 0 Å². The van der Waals surface area contributed by atoms with E-state index >= 15 is 0 Å². The van der Waals surface area contributed by atoms with Crippen molar-refractivity contribution in [1.29, 1.82) is 0 Å². The summed E-state index contributed by atoms with van der Waals surface area (Å²) in [6, 6.07) is 21.2. The fourth-order valence-electron chi connectivity index (χ4n) is 6.33. The number of fused-ring (bicyclic) bond motifs is 4. The van der Waals surface area contributed by atoms with E-state index in [9.17, 15) is 0 Å². The van der Waals surface area contributed by atoms with E-state index in [-0.39, 0.29) is 0 Å². The summed E-state index contributed by atoms with van der Waals surface area (Å²) in [7, 11) is 0. The van der Waals surface area contributed by atoms with Crippen LogP contribution in [0.4, 0.5) is 11.6 Å². The minimum Gasteiger partial charge on any atom is -0.293 e. The second-order valence-electron chi connectivity index (χ2n) is 11.5. The maximum atomic E-state index is 4.99. The van der Waals surface area contributed by atoms with E-state index in [0.717, 1.165) is 86.3 Å². The van der Waals surface area contributed by atoms with E-state index in [4.69, 9.17) is 30.1 Å². The Labute approximate surface area is 275 Å². The van der Waals surface area contributed by atoms with Gasteiger partial charge in [-0.2, -0.15) is 19.0 Å². The highest BCUT2D eigenvalue weighted by Crippen LogP contribution is 2.31. The summed E-state index contributed by atoms with van der Waals surface area (Å²) in [5, 5.41) is 10.9. The number of rotatable bonds is 9. The quantitative estimate of drug-likeness (QED) is 0.169. The number of hydrazine groups is 1. The molecule has 14 heteroatoms. The summed E-state index contributed by atoms with van der Waals surface area (Å²) in [5.41, 5.74) is 14.0. The Kier molecular flexibility index (Phi) is 7.94. The molecule has 2 aliphatic heterocycles. The number of nitrogens with zero attached hydrogens (tertiary/aromatic N) is 10. The molecule has 0 fully saturated rings. The third-order valence-corrected chi connectivity index (χ3v) is 9.64. The fraction of sp³-hybridized carbons (Fsp3) is 0.312. The summed E-state index contributed by atoms with van der Waals surface area (Å²) in [5.74, 6) is 2.85. The molecule has 0 saturated carbocycles. The molecule has 46 heavy (non-hydrogen) atoms. The molecule has 2 aliphatic rings. The maximum Gasteiger partial charge on any atom is 0.255 e. The van der Waals surface area contributed by atoms with Crippen LogP contribution < -0.4 is 10.9 Å². The molecule has 0 aliphatic carbocycles. The third kappa shape index (κ3) is 5.66. The third-order valence-electron chi connectivity index (χ3n) is 8.57. The van der Waals surface area contributed by atoms with Gasteiger partial charge in [-0.05, 0) is 36.5 Å². The standard InChI is InChI=1S/C32H34N12S2/c1-45-31-35-29-33-25-19-41(17-21-9-5-3-6-10-21)15-13-23(25)27(43(29)39-31)37-38-28-24-14-16-42(18-22-11-7-4-8-12-22)20-26(24)34-30-36-32(46-2)40-44(28)30/h3-12,37-38H,13-20H2,1-2H3. The van der Waals surface area contributed by atoms with Crippen molar-refractivity contribution < 1.29 is 0 Å². The number of aromatic nitrogens is 8. The Morgan fingerprint density at radius 2 is 1.04 bits per heavy atom. The van der Waals surface area contributed by atoms with Gasteiger partial charge in [-0.25, -0.2) is 9.97 Å². The molecular weight excluding hydrogens is 617 g/mol. The molecule has 0 spiro atoms. The normalized spacial score (nSPS) is 15.3. The van der Waals surface area contributed by atoms with Crippen molar-refractivity contribution in [2.75, 3.05) is 36.5 Å². The summed E-state index contributed by atoms with van der Waals surface area (Å²) < 4.78 is 3.65. The highest BCUT2D eigenvalue weighted by Gasteiger charge is 2.27. The molecule has 6 aromatic rings. The zero-order valence-corrected chi connectivity index (χ0v) is 27.4. The smallest absolute Gasteiger partial charge is 0.255 e. The van der Waals surface area contributed by atoms with Gasteiger partial charge in [0.1, 0.15) is 0 Å². The lowest BCUT2D eigenvalue weighted by Gasteiger charge is -2.30.